The van der Waals surface area contributed by atoms with Gasteiger partial charge < -0.3 is 10.1 Å². The summed E-state index contributed by atoms with van der Waals surface area (Å²) < 4.78 is 7.58. The van der Waals surface area contributed by atoms with Gasteiger partial charge in [-0.2, -0.15) is 0 Å². The van der Waals surface area contributed by atoms with Crippen molar-refractivity contribution in [3.05, 3.63) is 96.4 Å². The fourth-order valence-corrected chi connectivity index (χ4v) is 4.11. The van der Waals surface area contributed by atoms with Gasteiger partial charge in [-0.1, -0.05) is 17.7 Å². The summed E-state index contributed by atoms with van der Waals surface area (Å²) in [5.74, 6) is 0.692. The van der Waals surface area contributed by atoms with Crippen LogP contribution in [0.2, 0.25) is 0 Å². The van der Waals surface area contributed by atoms with Crippen LogP contribution >= 0.6 is 31.9 Å². The van der Waals surface area contributed by atoms with Crippen molar-refractivity contribution < 1.29 is 9.66 Å². The van der Waals surface area contributed by atoms with Gasteiger partial charge in [-0.05, 0) is 86.3 Å². The third-order valence-corrected chi connectivity index (χ3v) is 5.31. The molecule has 0 unspecified atom stereocenters. The molecule has 0 atom stereocenters. The SMILES string of the molecule is Cc1ccc(NCc2cc(Br)c(OCc3ccc([N+](=O)[O-])cc3)c(Br)c2)cc1. The summed E-state index contributed by atoms with van der Waals surface area (Å²) in [4.78, 5) is 10.3. The molecular weight excluding hydrogens is 488 g/mol. The van der Waals surface area contributed by atoms with Crippen LogP contribution in [0.4, 0.5) is 11.4 Å². The molecule has 0 fully saturated rings. The van der Waals surface area contributed by atoms with Gasteiger partial charge in [0.25, 0.3) is 5.69 Å². The van der Waals surface area contributed by atoms with Gasteiger partial charge in [-0.15, -0.1) is 0 Å². The van der Waals surface area contributed by atoms with Crippen molar-refractivity contribution in [1.82, 2.24) is 0 Å². The van der Waals surface area contributed by atoms with Crippen molar-refractivity contribution in [3.63, 3.8) is 0 Å². The number of hydrogen-bond acceptors (Lipinski definition) is 4. The summed E-state index contributed by atoms with van der Waals surface area (Å²) in [5, 5.41) is 14.1. The van der Waals surface area contributed by atoms with E-state index in [0.29, 0.717) is 18.9 Å². The lowest BCUT2D eigenvalue weighted by Gasteiger charge is -2.13. The van der Waals surface area contributed by atoms with E-state index in [0.717, 1.165) is 25.8 Å². The number of halogens is 2. The zero-order chi connectivity index (χ0) is 20.1. The summed E-state index contributed by atoms with van der Waals surface area (Å²) in [7, 11) is 0. The highest BCUT2D eigenvalue weighted by Crippen LogP contribution is 2.35. The Hall–Kier alpha value is -2.38. The van der Waals surface area contributed by atoms with Crippen LogP contribution in [0.1, 0.15) is 16.7 Å². The van der Waals surface area contributed by atoms with Crippen LogP contribution < -0.4 is 10.1 Å². The number of anilines is 1. The van der Waals surface area contributed by atoms with Crippen LogP contribution in [-0.2, 0) is 13.2 Å². The van der Waals surface area contributed by atoms with E-state index >= 15 is 0 Å². The molecule has 0 saturated carbocycles. The molecule has 1 N–H and O–H groups in total. The monoisotopic (exact) mass is 504 g/mol. The third kappa shape index (κ3) is 5.33. The van der Waals surface area contributed by atoms with Crippen LogP contribution in [0.5, 0.6) is 5.75 Å². The molecule has 0 bridgehead atoms. The quantitative estimate of drug-likeness (QED) is 0.289. The van der Waals surface area contributed by atoms with Crippen molar-refractivity contribution in [2.24, 2.45) is 0 Å². The van der Waals surface area contributed by atoms with Crippen molar-refractivity contribution in [3.8, 4) is 5.75 Å². The minimum absolute atomic E-state index is 0.0662. The van der Waals surface area contributed by atoms with Gasteiger partial charge in [0, 0.05) is 24.4 Å². The second-order valence-corrected chi connectivity index (χ2v) is 8.03. The van der Waals surface area contributed by atoms with E-state index in [1.165, 1.54) is 17.7 Å². The molecule has 0 heterocycles. The molecule has 0 saturated heterocycles. The van der Waals surface area contributed by atoms with E-state index in [1.807, 2.05) is 12.1 Å². The van der Waals surface area contributed by atoms with E-state index in [2.05, 4.69) is 68.4 Å². The number of ether oxygens (including phenoxy) is 1. The molecule has 3 aromatic carbocycles. The molecule has 28 heavy (non-hydrogen) atoms. The number of nitro benzene ring substituents is 1. The minimum Gasteiger partial charge on any atom is -0.487 e. The molecule has 3 rings (SSSR count). The fourth-order valence-electron chi connectivity index (χ4n) is 2.60. The van der Waals surface area contributed by atoms with Gasteiger partial charge in [0.2, 0.25) is 0 Å². The molecule has 0 aliphatic carbocycles. The average Bonchev–Trinajstić information content (AvgIpc) is 2.67. The van der Waals surface area contributed by atoms with Crippen LogP contribution in [0.15, 0.2) is 69.6 Å². The molecule has 144 valence electrons. The van der Waals surface area contributed by atoms with Crippen LogP contribution in [0, 0.1) is 17.0 Å². The lowest BCUT2D eigenvalue weighted by atomic mass is 10.2. The Balaban J connectivity index is 1.64. The molecular formula is C21H18Br2N2O3. The maximum Gasteiger partial charge on any atom is 0.269 e. The highest BCUT2D eigenvalue weighted by molar-refractivity contribution is 9.11. The first-order chi connectivity index (χ1) is 13.4. The van der Waals surface area contributed by atoms with E-state index in [-0.39, 0.29) is 5.69 Å². The smallest absolute Gasteiger partial charge is 0.269 e. The Morgan fingerprint density at radius 1 is 0.964 bits per heavy atom. The predicted molar refractivity (Wildman–Crippen MR) is 118 cm³/mol. The second-order valence-electron chi connectivity index (χ2n) is 6.32. The highest BCUT2D eigenvalue weighted by atomic mass is 79.9. The van der Waals surface area contributed by atoms with E-state index in [4.69, 9.17) is 4.74 Å². The molecule has 0 aliphatic rings. The number of nitrogens with one attached hydrogen (secondary N) is 1. The normalized spacial score (nSPS) is 10.5. The largest absolute Gasteiger partial charge is 0.487 e. The van der Waals surface area contributed by atoms with Gasteiger partial charge in [-0.25, -0.2) is 0 Å². The number of nitro groups is 1. The van der Waals surface area contributed by atoms with Gasteiger partial charge in [0.1, 0.15) is 12.4 Å². The van der Waals surface area contributed by atoms with Crippen LogP contribution in [0.25, 0.3) is 0 Å². The van der Waals surface area contributed by atoms with Gasteiger partial charge in [0.05, 0.1) is 13.9 Å². The Morgan fingerprint density at radius 2 is 1.57 bits per heavy atom. The molecule has 7 heteroatoms. The molecule has 0 aromatic heterocycles. The van der Waals surface area contributed by atoms with E-state index in [1.54, 1.807) is 12.1 Å². The molecule has 0 amide bonds. The van der Waals surface area contributed by atoms with Crippen LogP contribution in [-0.4, -0.2) is 4.92 Å². The van der Waals surface area contributed by atoms with E-state index < -0.39 is 4.92 Å². The second kappa shape index (κ2) is 9.21. The predicted octanol–water partition coefficient (Wildman–Crippen LogP) is 6.62. The first-order valence-electron chi connectivity index (χ1n) is 8.57. The van der Waals surface area contributed by atoms with Crippen LogP contribution in [0.3, 0.4) is 0 Å². The zero-order valence-corrected chi connectivity index (χ0v) is 18.3. The number of aryl methyl sites for hydroxylation is 1. The number of benzene rings is 3. The third-order valence-electron chi connectivity index (χ3n) is 4.14. The Morgan fingerprint density at radius 3 is 2.14 bits per heavy atom. The topological polar surface area (TPSA) is 64.4 Å². The summed E-state index contributed by atoms with van der Waals surface area (Å²) in [6.07, 6.45) is 0. The number of rotatable bonds is 7. The standard InChI is InChI=1S/C21H18Br2N2O3/c1-14-2-6-17(7-3-14)24-12-16-10-19(22)21(20(23)11-16)28-13-15-4-8-18(9-5-15)25(26)27/h2-11,24H,12-13H2,1H3. The Kier molecular flexibility index (Phi) is 6.70. The summed E-state index contributed by atoms with van der Waals surface area (Å²) in [6.45, 7) is 3.06. The fraction of sp³-hybridized carbons (Fsp3) is 0.143. The molecule has 0 spiro atoms. The van der Waals surface area contributed by atoms with Crippen molar-refractivity contribution >= 4 is 43.2 Å². The van der Waals surface area contributed by atoms with Gasteiger partial charge >= 0.3 is 0 Å². The Bertz CT molecular complexity index is 951. The van der Waals surface area contributed by atoms with Crippen molar-refractivity contribution in [1.29, 1.82) is 0 Å². The first kappa shape index (κ1) is 20.4. The van der Waals surface area contributed by atoms with Gasteiger partial charge in [0.15, 0.2) is 0 Å². The molecule has 5 nitrogen and oxygen atoms in total. The lowest BCUT2D eigenvalue weighted by molar-refractivity contribution is -0.384. The molecule has 0 aliphatic heterocycles. The summed E-state index contributed by atoms with van der Waals surface area (Å²) >= 11 is 7.13. The summed E-state index contributed by atoms with van der Waals surface area (Å²) in [5.41, 5.74) is 4.31. The average molecular weight is 506 g/mol. The number of non-ortho nitro benzene ring substituents is 1. The lowest BCUT2D eigenvalue weighted by Crippen LogP contribution is -2.01. The minimum atomic E-state index is -0.415. The Labute approximate surface area is 180 Å². The van der Waals surface area contributed by atoms with E-state index in [9.17, 15) is 10.1 Å². The summed E-state index contributed by atoms with van der Waals surface area (Å²) in [6, 6.07) is 18.6. The maximum atomic E-state index is 10.7. The van der Waals surface area contributed by atoms with Gasteiger partial charge in [-0.3, -0.25) is 10.1 Å². The number of hydrogen-bond donors (Lipinski definition) is 1. The molecule has 3 aromatic rings. The molecule has 0 radical (unpaired) electrons. The first-order valence-corrected chi connectivity index (χ1v) is 10.2. The zero-order valence-electron chi connectivity index (χ0n) is 15.1. The van der Waals surface area contributed by atoms with Crippen molar-refractivity contribution in [2.75, 3.05) is 5.32 Å². The van der Waals surface area contributed by atoms with Crippen molar-refractivity contribution in [2.45, 2.75) is 20.1 Å². The highest BCUT2D eigenvalue weighted by Gasteiger charge is 2.10. The maximum absolute atomic E-state index is 10.7. The number of nitrogens with zero attached hydrogens (tertiary/aromatic N) is 1.